The average molecular weight is 502 g/mol. The monoisotopic (exact) mass is 501 g/mol. The lowest BCUT2D eigenvalue weighted by Crippen LogP contribution is -2.43. The van der Waals surface area contributed by atoms with E-state index in [1.807, 2.05) is 26.8 Å². The predicted molar refractivity (Wildman–Crippen MR) is 135 cm³/mol. The summed E-state index contributed by atoms with van der Waals surface area (Å²) >= 11 is 6.21. The number of hydrogen-bond acceptors (Lipinski definition) is 6. The number of morpholine rings is 1. The number of amides is 1. The van der Waals surface area contributed by atoms with Gasteiger partial charge in [0.15, 0.2) is 0 Å². The molecule has 0 saturated carbocycles. The van der Waals surface area contributed by atoms with Crippen molar-refractivity contribution < 1.29 is 14.3 Å². The number of benzene rings is 1. The summed E-state index contributed by atoms with van der Waals surface area (Å²) in [6.07, 6.45) is 2.58. The molecule has 1 aliphatic rings. The third-order valence-corrected chi connectivity index (χ3v) is 5.86. The molecular weight excluding hydrogens is 470 g/mol. The van der Waals surface area contributed by atoms with Crippen molar-refractivity contribution in [1.29, 1.82) is 0 Å². The Morgan fingerprint density at radius 2 is 2.00 bits per heavy atom. The first-order valence-electron chi connectivity index (χ1n) is 11.8. The van der Waals surface area contributed by atoms with E-state index in [1.54, 1.807) is 30.5 Å². The largest absolute Gasteiger partial charge is 0.477 e. The second-order valence-corrected chi connectivity index (χ2v) is 10.1. The van der Waals surface area contributed by atoms with E-state index in [0.717, 1.165) is 39.3 Å². The topological polar surface area (TPSA) is 90.1 Å². The van der Waals surface area contributed by atoms with Crippen LogP contribution in [-0.2, 0) is 16.1 Å². The molecule has 1 saturated heterocycles. The first-order chi connectivity index (χ1) is 16.7. The highest BCUT2D eigenvalue weighted by molar-refractivity contribution is 6.30. The Morgan fingerprint density at radius 1 is 1.23 bits per heavy atom. The van der Waals surface area contributed by atoms with E-state index in [0.29, 0.717) is 34.3 Å². The Bertz CT molecular complexity index is 1240. The van der Waals surface area contributed by atoms with Crippen LogP contribution in [-0.4, -0.2) is 70.0 Å². The molecule has 3 heterocycles. The molecule has 4 rings (SSSR count). The Labute approximate surface area is 209 Å². The summed E-state index contributed by atoms with van der Waals surface area (Å²) in [6.45, 7) is 10.4. The minimum Gasteiger partial charge on any atom is -0.477 e. The van der Waals surface area contributed by atoms with Gasteiger partial charge in [0.25, 0.3) is 5.56 Å². The van der Waals surface area contributed by atoms with Gasteiger partial charge in [-0.15, -0.1) is 5.10 Å². The third kappa shape index (κ3) is 6.62. The van der Waals surface area contributed by atoms with Crippen LogP contribution in [0.3, 0.4) is 0 Å². The Morgan fingerprint density at radius 3 is 2.71 bits per heavy atom. The number of aromatic nitrogens is 3. The van der Waals surface area contributed by atoms with Gasteiger partial charge in [-0.25, -0.2) is 4.52 Å². The number of halogens is 1. The predicted octanol–water partition coefficient (Wildman–Crippen LogP) is 2.83. The summed E-state index contributed by atoms with van der Waals surface area (Å²) in [6, 6.07) is 8.79. The Hall–Kier alpha value is -2.88. The second-order valence-electron chi connectivity index (χ2n) is 9.68. The maximum absolute atomic E-state index is 13.5. The highest BCUT2D eigenvalue weighted by atomic mass is 35.5. The number of rotatable bonds is 8. The minimum absolute atomic E-state index is 0.130. The molecule has 2 aromatic heterocycles. The van der Waals surface area contributed by atoms with Gasteiger partial charge >= 0.3 is 0 Å². The van der Waals surface area contributed by atoms with E-state index in [4.69, 9.17) is 21.1 Å². The van der Waals surface area contributed by atoms with Crippen LogP contribution in [0.4, 0.5) is 0 Å². The third-order valence-electron chi connectivity index (χ3n) is 5.62. The van der Waals surface area contributed by atoms with Crippen LogP contribution < -0.4 is 15.6 Å². The van der Waals surface area contributed by atoms with Gasteiger partial charge < -0.3 is 14.8 Å². The standard InChI is InChI=1S/C25H32ClN5O4/c1-25(2,3)27-22(32)17-30-21(18-6-4-7-19(26)14-18)16-31-20(24(30)33)15-23(28-31)35-11-5-8-29-9-12-34-13-10-29/h4,6-7,14-16H,5,8-13,17H2,1-3H3,(H,27,32). The quantitative estimate of drug-likeness (QED) is 0.477. The van der Waals surface area contributed by atoms with Crippen molar-refractivity contribution >= 4 is 23.0 Å². The zero-order valence-electron chi connectivity index (χ0n) is 20.4. The van der Waals surface area contributed by atoms with Crippen molar-refractivity contribution in [3.8, 4) is 17.1 Å². The van der Waals surface area contributed by atoms with Crippen molar-refractivity contribution in [1.82, 2.24) is 24.4 Å². The molecule has 1 fully saturated rings. The van der Waals surface area contributed by atoms with Gasteiger partial charge in [0.05, 0.1) is 31.7 Å². The SMILES string of the molecule is CC(C)(C)NC(=O)Cn1c(-c2cccc(Cl)c2)cn2nc(OCCCN3CCOCC3)cc2c1=O. The van der Waals surface area contributed by atoms with Crippen molar-refractivity contribution in [3.63, 3.8) is 0 Å². The maximum atomic E-state index is 13.5. The summed E-state index contributed by atoms with van der Waals surface area (Å²) < 4.78 is 14.2. The molecule has 1 aromatic carbocycles. The van der Waals surface area contributed by atoms with Crippen molar-refractivity contribution in [2.45, 2.75) is 39.3 Å². The van der Waals surface area contributed by atoms with Crippen molar-refractivity contribution in [3.05, 3.63) is 51.9 Å². The van der Waals surface area contributed by atoms with Gasteiger partial charge in [0, 0.05) is 41.8 Å². The first kappa shape index (κ1) is 25.2. The highest BCUT2D eigenvalue weighted by Crippen LogP contribution is 2.23. The second kappa shape index (κ2) is 10.8. The fourth-order valence-electron chi connectivity index (χ4n) is 4.06. The van der Waals surface area contributed by atoms with Gasteiger partial charge in [-0.3, -0.25) is 19.1 Å². The van der Waals surface area contributed by atoms with E-state index >= 15 is 0 Å². The molecule has 9 nitrogen and oxygen atoms in total. The minimum atomic E-state index is -0.417. The van der Waals surface area contributed by atoms with Crippen molar-refractivity contribution in [2.24, 2.45) is 0 Å². The summed E-state index contributed by atoms with van der Waals surface area (Å²) in [5.41, 5.74) is 0.837. The molecule has 0 bridgehead atoms. The zero-order chi connectivity index (χ0) is 25.0. The van der Waals surface area contributed by atoms with E-state index < -0.39 is 5.54 Å². The number of ether oxygens (including phenoxy) is 2. The number of carbonyl (C=O) groups excluding carboxylic acids is 1. The summed E-state index contributed by atoms with van der Waals surface area (Å²) in [4.78, 5) is 28.5. The smallest absolute Gasteiger partial charge is 0.277 e. The number of fused-ring (bicyclic) bond motifs is 1. The number of hydrogen-bond donors (Lipinski definition) is 1. The molecule has 1 N–H and O–H groups in total. The first-order valence-corrected chi connectivity index (χ1v) is 12.2. The van der Waals surface area contributed by atoms with Crippen LogP contribution >= 0.6 is 11.6 Å². The Balaban J connectivity index is 1.59. The normalized spacial score (nSPS) is 14.9. The molecule has 0 aliphatic carbocycles. The molecule has 10 heteroatoms. The summed E-state index contributed by atoms with van der Waals surface area (Å²) in [7, 11) is 0. The number of nitrogens with one attached hydrogen (secondary N) is 1. The molecule has 0 radical (unpaired) electrons. The van der Waals surface area contributed by atoms with E-state index in [2.05, 4.69) is 15.3 Å². The van der Waals surface area contributed by atoms with Gasteiger partial charge in [0.1, 0.15) is 12.1 Å². The van der Waals surface area contributed by atoms with E-state index in [-0.39, 0.29) is 18.0 Å². The molecule has 0 unspecified atom stereocenters. The molecule has 1 aliphatic heterocycles. The van der Waals surface area contributed by atoms with Crippen LogP contribution in [0.25, 0.3) is 16.8 Å². The maximum Gasteiger partial charge on any atom is 0.277 e. The summed E-state index contributed by atoms with van der Waals surface area (Å²) in [5.74, 6) is 0.115. The molecule has 1 amide bonds. The number of carbonyl (C=O) groups is 1. The Kier molecular flexibility index (Phi) is 7.78. The van der Waals surface area contributed by atoms with Crippen LogP contribution in [0.1, 0.15) is 27.2 Å². The highest BCUT2D eigenvalue weighted by Gasteiger charge is 2.19. The molecule has 188 valence electrons. The van der Waals surface area contributed by atoms with Crippen LogP contribution in [0.5, 0.6) is 5.88 Å². The molecule has 3 aromatic rings. The molecular formula is C25H32ClN5O4. The van der Waals surface area contributed by atoms with Crippen molar-refractivity contribution in [2.75, 3.05) is 39.5 Å². The van der Waals surface area contributed by atoms with E-state index in [9.17, 15) is 9.59 Å². The fraction of sp³-hybridized carbons (Fsp3) is 0.480. The lowest BCUT2D eigenvalue weighted by atomic mass is 10.1. The lowest BCUT2D eigenvalue weighted by Gasteiger charge is -2.26. The zero-order valence-corrected chi connectivity index (χ0v) is 21.2. The lowest BCUT2D eigenvalue weighted by molar-refractivity contribution is -0.123. The molecule has 0 spiro atoms. The summed E-state index contributed by atoms with van der Waals surface area (Å²) in [5, 5.41) is 7.91. The van der Waals surface area contributed by atoms with Gasteiger partial charge in [-0.05, 0) is 39.3 Å². The average Bonchev–Trinajstić information content (AvgIpc) is 3.21. The van der Waals surface area contributed by atoms with Crippen LogP contribution in [0, 0.1) is 0 Å². The molecule has 35 heavy (non-hydrogen) atoms. The fourth-order valence-corrected chi connectivity index (χ4v) is 4.25. The molecule has 0 atom stereocenters. The van der Waals surface area contributed by atoms with Gasteiger partial charge in [-0.2, -0.15) is 0 Å². The van der Waals surface area contributed by atoms with Crippen LogP contribution in [0.15, 0.2) is 41.3 Å². The van der Waals surface area contributed by atoms with Crippen LogP contribution in [0.2, 0.25) is 5.02 Å². The van der Waals surface area contributed by atoms with Gasteiger partial charge in [0.2, 0.25) is 11.8 Å². The van der Waals surface area contributed by atoms with Gasteiger partial charge in [-0.1, -0.05) is 23.7 Å². The van der Waals surface area contributed by atoms with E-state index in [1.165, 1.54) is 9.08 Å². The number of nitrogens with zero attached hydrogens (tertiary/aromatic N) is 4.